The number of benzene rings is 3. The lowest BCUT2D eigenvalue weighted by atomic mass is 9.91. The minimum Gasteiger partial charge on any atom is -0.456 e. The lowest BCUT2D eigenvalue weighted by molar-refractivity contribution is 0.605. The van der Waals surface area contributed by atoms with Crippen LogP contribution in [0.3, 0.4) is 0 Å². The van der Waals surface area contributed by atoms with E-state index in [1.165, 1.54) is 22.0 Å². The molecule has 1 heterocycles. The van der Waals surface area contributed by atoms with Gasteiger partial charge in [-0.3, -0.25) is 0 Å². The average molecular weight is 416 g/mol. The van der Waals surface area contributed by atoms with Crippen LogP contribution in [-0.2, 0) is 0 Å². The van der Waals surface area contributed by atoms with Crippen molar-refractivity contribution in [1.29, 1.82) is 0 Å². The zero-order chi connectivity index (χ0) is 22.4. The molecule has 3 heteroatoms. The molecule has 2 aromatic carbocycles. The van der Waals surface area contributed by atoms with Gasteiger partial charge in [-0.2, -0.15) is 0 Å². The highest BCUT2D eigenvalue weighted by Gasteiger charge is 2.19. The first-order valence-electron chi connectivity index (χ1n) is 11.5. The van der Waals surface area contributed by atoms with Gasteiger partial charge in [0.15, 0.2) is 0 Å². The van der Waals surface area contributed by atoms with Crippen LogP contribution in [0, 0.1) is 6.92 Å². The zero-order valence-corrected chi connectivity index (χ0v) is 19.8. The molecule has 1 aliphatic heterocycles. The first kappa shape index (κ1) is 22.6. The van der Waals surface area contributed by atoms with Gasteiger partial charge in [0, 0.05) is 40.9 Å². The minimum absolute atomic E-state index is 0.885. The SMILES string of the molecule is CC.CCNc1ccc2c(-c3ccccc3C)c3ccc(=[N+](CC)CC)cc-3oc2c1. The number of rotatable bonds is 5. The molecule has 0 atom stereocenters. The van der Waals surface area contributed by atoms with Crippen molar-refractivity contribution < 1.29 is 4.42 Å². The van der Waals surface area contributed by atoms with Gasteiger partial charge in [0.2, 0.25) is 5.36 Å². The lowest BCUT2D eigenvalue weighted by Gasteiger charge is -2.17. The van der Waals surface area contributed by atoms with Crippen molar-refractivity contribution in [2.45, 2.75) is 41.5 Å². The summed E-state index contributed by atoms with van der Waals surface area (Å²) in [6, 6.07) is 21.6. The molecule has 0 spiro atoms. The molecule has 0 saturated heterocycles. The van der Waals surface area contributed by atoms with Gasteiger partial charge in [0.05, 0.1) is 6.07 Å². The Morgan fingerprint density at radius 1 is 0.839 bits per heavy atom. The predicted molar refractivity (Wildman–Crippen MR) is 135 cm³/mol. The summed E-state index contributed by atoms with van der Waals surface area (Å²) in [5.41, 5.74) is 6.91. The molecule has 31 heavy (non-hydrogen) atoms. The number of nitrogens with zero attached hydrogens (tertiary/aromatic N) is 1. The fourth-order valence-electron chi connectivity index (χ4n) is 4.12. The molecule has 2 aliphatic rings. The summed E-state index contributed by atoms with van der Waals surface area (Å²) < 4.78 is 8.80. The van der Waals surface area contributed by atoms with Crippen LogP contribution in [0.25, 0.3) is 33.4 Å². The molecule has 2 aromatic rings. The van der Waals surface area contributed by atoms with Crippen molar-refractivity contribution in [3.63, 3.8) is 0 Å². The molecule has 0 radical (unpaired) electrons. The average Bonchev–Trinajstić information content (AvgIpc) is 2.80. The van der Waals surface area contributed by atoms with Gasteiger partial charge in [-0.15, -0.1) is 0 Å². The van der Waals surface area contributed by atoms with E-state index in [4.69, 9.17) is 4.42 Å². The molecule has 1 N–H and O–H groups in total. The Hall–Kier alpha value is -3.07. The van der Waals surface area contributed by atoms with Gasteiger partial charge >= 0.3 is 0 Å². The Bertz CT molecular complexity index is 1200. The van der Waals surface area contributed by atoms with E-state index >= 15 is 0 Å². The van der Waals surface area contributed by atoms with Crippen LogP contribution >= 0.6 is 0 Å². The third-order valence-electron chi connectivity index (χ3n) is 5.63. The molecule has 0 saturated carbocycles. The topological polar surface area (TPSA) is 28.2 Å². The maximum Gasteiger partial charge on any atom is 0.203 e. The quantitative estimate of drug-likeness (QED) is 0.287. The van der Waals surface area contributed by atoms with E-state index in [0.717, 1.165) is 47.6 Å². The smallest absolute Gasteiger partial charge is 0.203 e. The molecule has 0 aromatic heterocycles. The molecule has 3 nitrogen and oxygen atoms in total. The fraction of sp³-hybridized carbons (Fsp3) is 0.321. The molecule has 0 bridgehead atoms. The first-order chi connectivity index (χ1) is 15.2. The molecular formula is C28H35N2O+. The summed E-state index contributed by atoms with van der Waals surface area (Å²) in [6.45, 7) is 15.5. The molecular weight excluding hydrogens is 380 g/mol. The van der Waals surface area contributed by atoms with E-state index in [1.807, 2.05) is 13.8 Å². The van der Waals surface area contributed by atoms with Gasteiger partial charge in [-0.05, 0) is 57.0 Å². The second-order valence-electron chi connectivity index (χ2n) is 7.39. The number of aryl methyl sites for hydroxylation is 1. The standard InChI is InChI=1S/C26H28N2O.C2H6/c1-5-27-19-12-14-22-24(16-19)29-25-17-20(28(6-2)7-3)13-15-23(25)26(22)21-11-9-8-10-18(21)4;1-2/h8-17H,5-7H2,1-4H3;1-2H3/p+1. The highest BCUT2D eigenvalue weighted by Crippen LogP contribution is 2.41. The Morgan fingerprint density at radius 2 is 1.58 bits per heavy atom. The Balaban J connectivity index is 0.00000132. The number of hydrogen-bond donors (Lipinski definition) is 1. The van der Waals surface area contributed by atoms with E-state index in [2.05, 4.69) is 98.3 Å². The van der Waals surface area contributed by atoms with Crippen LogP contribution in [0.4, 0.5) is 5.69 Å². The van der Waals surface area contributed by atoms with Crippen LogP contribution in [-0.4, -0.2) is 19.6 Å². The van der Waals surface area contributed by atoms with Crippen molar-refractivity contribution in [3.8, 4) is 22.5 Å². The Labute approximate surface area is 186 Å². The van der Waals surface area contributed by atoms with Gasteiger partial charge < -0.3 is 9.73 Å². The van der Waals surface area contributed by atoms with E-state index in [1.54, 1.807) is 0 Å². The highest BCUT2D eigenvalue weighted by molar-refractivity contribution is 6.03. The molecule has 162 valence electrons. The van der Waals surface area contributed by atoms with Crippen molar-refractivity contribution >= 4 is 16.7 Å². The monoisotopic (exact) mass is 415 g/mol. The first-order valence-corrected chi connectivity index (χ1v) is 11.5. The number of fused-ring (bicyclic) bond motifs is 2. The third-order valence-corrected chi connectivity index (χ3v) is 5.63. The molecule has 4 rings (SSSR count). The van der Waals surface area contributed by atoms with Crippen LogP contribution in [0.1, 0.15) is 40.2 Å². The number of hydrogen-bond acceptors (Lipinski definition) is 2. The molecule has 1 aliphatic carbocycles. The summed E-state index contributed by atoms with van der Waals surface area (Å²) in [4.78, 5) is 0. The highest BCUT2D eigenvalue weighted by atomic mass is 16.3. The van der Waals surface area contributed by atoms with Crippen molar-refractivity contribution in [1.82, 2.24) is 4.58 Å². The van der Waals surface area contributed by atoms with Crippen molar-refractivity contribution in [2.24, 2.45) is 0 Å². The summed E-state index contributed by atoms with van der Waals surface area (Å²) >= 11 is 0. The van der Waals surface area contributed by atoms with Gasteiger partial charge in [-0.25, -0.2) is 4.58 Å². The van der Waals surface area contributed by atoms with E-state index in [-0.39, 0.29) is 0 Å². The largest absolute Gasteiger partial charge is 0.456 e. The summed E-state index contributed by atoms with van der Waals surface area (Å²) in [6.07, 6.45) is 0. The third kappa shape index (κ3) is 4.51. The van der Waals surface area contributed by atoms with Gasteiger partial charge in [0.1, 0.15) is 24.4 Å². The number of nitrogens with one attached hydrogen (secondary N) is 1. The van der Waals surface area contributed by atoms with E-state index in [0.29, 0.717) is 0 Å². The summed E-state index contributed by atoms with van der Waals surface area (Å²) in [7, 11) is 0. The maximum absolute atomic E-state index is 6.45. The zero-order valence-electron chi connectivity index (χ0n) is 19.8. The van der Waals surface area contributed by atoms with Gasteiger partial charge in [0.25, 0.3) is 0 Å². The van der Waals surface area contributed by atoms with Crippen LogP contribution < -0.4 is 15.2 Å². The summed E-state index contributed by atoms with van der Waals surface area (Å²) in [5, 5.41) is 5.74. The van der Waals surface area contributed by atoms with Crippen molar-refractivity contribution in [3.05, 3.63) is 71.6 Å². The Morgan fingerprint density at radius 3 is 2.26 bits per heavy atom. The van der Waals surface area contributed by atoms with Crippen LogP contribution in [0.15, 0.2) is 65.1 Å². The molecule has 0 amide bonds. The summed E-state index contributed by atoms with van der Waals surface area (Å²) in [5.74, 6) is 0.925. The van der Waals surface area contributed by atoms with Gasteiger partial charge in [-0.1, -0.05) is 38.1 Å². The molecule has 0 unspecified atom stereocenters. The fourth-order valence-corrected chi connectivity index (χ4v) is 4.12. The Kier molecular flexibility index (Phi) is 7.51. The van der Waals surface area contributed by atoms with Crippen molar-refractivity contribution in [2.75, 3.05) is 25.0 Å². The second-order valence-corrected chi connectivity index (χ2v) is 7.39. The van der Waals surface area contributed by atoms with E-state index in [9.17, 15) is 0 Å². The maximum atomic E-state index is 6.45. The predicted octanol–water partition coefficient (Wildman–Crippen LogP) is 6.78. The second kappa shape index (κ2) is 10.3. The lowest BCUT2D eigenvalue weighted by Crippen LogP contribution is -2.29. The molecule has 0 fully saturated rings. The van der Waals surface area contributed by atoms with Crippen LogP contribution in [0.2, 0.25) is 0 Å². The number of anilines is 1. The van der Waals surface area contributed by atoms with Crippen LogP contribution in [0.5, 0.6) is 0 Å². The minimum atomic E-state index is 0.885. The normalized spacial score (nSPS) is 10.6. The van der Waals surface area contributed by atoms with E-state index < -0.39 is 0 Å².